The summed E-state index contributed by atoms with van der Waals surface area (Å²) in [5, 5.41) is 70.5. The van der Waals surface area contributed by atoms with E-state index >= 15 is 28.8 Å². The molecular weight excluding hydrogens is 1750 g/mol. The zero-order valence-electron chi connectivity index (χ0n) is 76.5. The van der Waals surface area contributed by atoms with Gasteiger partial charge in [-0.2, -0.15) is 0 Å². The second kappa shape index (κ2) is 52.4. The fourth-order valence-corrected chi connectivity index (χ4v) is 15.4. The van der Waals surface area contributed by atoms with E-state index in [9.17, 15) is 72.9 Å². The second-order valence-electron chi connectivity index (χ2n) is 34.6. The minimum Gasteiger partial charge on any atom is -0.508 e. The van der Waals surface area contributed by atoms with E-state index in [2.05, 4.69) is 84.7 Å². The van der Waals surface area contributed by atoms with Crippen molar-refractivity contribution in [3.63, 3.8) is 0 Å². The van der Waals surface area contributed by atoms with E-state index in [4.69, 9.17) is 17.2 Å². The molecule has 134 heavy (non-hydrogen) atoms. The van der Waals surface area contributed by atoms with E-state index in [0.717, 1.165) is 11.1 Å². The van der Waals surface area contributed by atoms with Crippen LogP contribution in [0.2, 0.25) is 0 Å². The van der Waals surface area contributed by atoms with Gasteiger partial charge in [-0.1, -0.05) is 171 Å². The molecule has 0 spiro atoms. The summed E-state index contributed by atoms with van der Waals surface area (Å²) < 4.78 is 0. The van der Waals surface area contributed by atoms with Crippen LogP contribution in [0.4, 0.5) is 0 Å². The number of hydrogen-bond acceptors (Lipinski definition) is 22. The summed E-state index contributed by atoms with van der Waals surface area (Å²) in [7, 11) is 0. The van der Waals surface area contributed by atoms with Gasteiger partial charge >= 0.3 is 5.97 Å². The van der Waals surface area contributed by atoms with Gasteiger partial charge in [-0.15, -0.1) is 11.8 Å². The van der Waals surface area contributed by atoms with Gasteiger partial charge in [0.15, 0.2) is 0 Å². The summed E-state index contributed by atoms with van der Waals surface area (Å²) in [6, 6.07) is 12.1. The molecule has 6 aromatic rings. The lowest BCUT2D eigenvalue weighted by molar-refractivity contribution is -0.141. The number of H-pyrrole nitrogens is 1. The van der Waals surface area contributed by atoms with Crippen molar-refractivity contribution in [2.75, 3.05) is 24.7 Å². The molecule has 40 nitrogen and oxygen atoms in total. The van der Waals surface area contributed by atoms with Gasteiger partial charge in [-0.05, 0) is 121 Å². The Kier molecular flexibility index (Phi) is 41.9. The molecule has 1 aromatic heterocycles. The number of carbonyl (C=O) groups excluding carboxylic acids is 17. The average Bonchev–Trinajstić information content (AvgIpc) is 1.63. The van der Waals surface area contributed by atoms with Crippen LogP contribution in [0.3, 0.4) is 0 Å². The van der Waals surface area contributed by atoms with Gasteiger partial charge < -0.3 is 117 Å². The Morgan fingerprint density at radius 2 is 0.836 bits per heavy atom. The van der Waals surface area contributed by atoms with Crippen LogP contribution in [0.5, 0.6) is 5.75 Å². The zero-order chi connectivity index (χ0) is 98.7. The fraction of sp³-hybridized carbons (Fsp3) is 0.462. The van der Waals surface area contributed by atoms with Gasteiger partial charge in [-0.3, -0.25) is 86.3 Å². The van der Waals surface area contributed by atoms with Crippen molar-refractivity contribution in [3.05, 3.63) is 162 Å². The van der Waals surface area contributed by atoms with Gasteiger partial charge in [0.25, 0.3) is 0 Å². The van der Waals surface area contributed by atoms with Gasteiger partial charge in [0.05, 0.1) is 25.2 Å². The minimum atomic E-state index is -2.07. The number of thioether (sulfide) groups is 1. The fourth-order valence-electron chi connectivity index (χ4n) is 14.5. The molecule has 25 N–H and O–H groups in total. The number of carboxylic acid groups (broad SMARTS) is 1. The predicted molar refractivity (Wildman–Crippen MR) is 496 cm³/mol. The number of amides is 17. The van der Waals surface area contributed by atoms with Crippen LogP contribution < -0.4 is 97.0 Å². The standard InChI is InChI=1S/C93H125N19O21S/c1-48(2)36-64-82(122)106-68(39-55-27-31-58(32-28-55)57-22-15-12-16-23-57)89(129)112-77(50(5)6)92(132)101-63(26-19-35-94)81(121)99-53(10)80(120)102-70(42-74(95)115)86(126)104-65(37-49(3)4)88(128)111-78(51(7)8)93(133)109-72(45-113)90(130)110-73(91(131)98-52(9)79(96)119)46-134-47-75(116)100-66(38-54-20-13-11-14-21-54)83(123)105-67(40-56-29-33-60(114)34-30-56)84(124)108-71(43-76(117)118)87(127)107-69(85(125)103-64)41-59-44-97-62-25-18-17-24-61(59)62/h11-18,20-25,27-34,44,48-53,63-73,77-78,97,113-114H,19,26,35-43,45-47,94H2,1-10H3,(H2,95,115)(H2,96,119)(H,98,131)(H,99,121)(H,100,116)(H,101,132)(H,102,120)(H,103,125)(H,104,126)(H,105,123)(H,106,122)(H,107,127)(H,108,124)(H,109,133)(H,110,130)(H,111,128)(H,112,129)(H,117,118)/t52-,53+,63+,64-,65-,66-,67-,68-,69-,70-,71-,72-,73-,77-,78-/m0/s1. The van der Waals surface area contributed by atoms with Crippen LogP contribution >= 0.6 is 11.8 Å². The van der Waals surface area contributed by atoms with Crippen LogP contribution in [0, 0.1) is 23.7 Å². The number of aromatic nitrogens is 1. The summed E-state index contributed by atoms with van der Waals surface area (Å²) in [6.45, 7) is 14.3. The van der Waals surface area contributed by atoms with Crippen molar-refractivity contribution in [3.8, 4) is 16.9 Å². The Balaban J connectivity index is 1.32. The van der Waals surface area contributed by atoms with Crippen LogP contribution in [-0.4, -0.2) is 242 Å². The number of carboxylic acids is 1. The van der Waals surface area contributed by atoms with E-state index < -0.39 is 252 Å². The Hall–Kier alpha value is -13.8. The number of aliphatic hydroxyl groups is 1. The van der Waals surface area contributed by atoms with E-state index in [-0.39, 0.29) is 63.2 Å². The summed E-state index contributed by atoms with van der Waals surface area (Å²) >= 11 is 0.700. The lowest BCUT2D eigenvalue weighted by Gasteiger charge is -2.29. The molecule has 15 atom stereocenters. The first-order valence-corrected chi connectivity index (χ1v) is 45.4. The van der Waals surface area contributed by atoms with Crippen LogP contribution in [-0.2, 0) is 112 Å². The quantitative estimate of drug-likeness (QED) is 0.0305. The minimum absolute atomic E-state index is 0.00789. The number of aliphatic carboxylic acids is 1. The number of benzene rings is 5. The molecule has 724 valence electrons. The molecular formula is C93H125N19O21S. The third-order valence-corrected chi connectivity index (χ3v) is 22.9. The van der Waals surface area contributed by atoms with Crippen molar-refractivity contribution in [1.82, 2.24) is 84.7 Å². The van der Waals surface area contributed by atoms with Crippen molar-refractivity contribution in [2.45, 2.75) is 224 Å². The smallest absolute Gasteiger partial charge is 0.305 e. The predicted octanol–water partition coefficient (Wildman–Crippen LogP) is -1.16. The highest BCUT2D eigenvalue weighted by Gasteiger charge is 2.41. The van der Waals surface area contributed by atoms with Crippen LogP contribution in [0.1, 0.15) is 130 Å². The van der Waals surface area contributed by atoms with Crippen molar-refractivity contribution >= 4 is 129 Å². The number of phenols is 1. The highest BCUT2D eigenvalue weighted by Crippen LogP contribution is 2.24. The largest absolute Gasteiger partial charge is 0.508 e. The third-order valence-electron chi connectivity index (χ3n) is 21.9. The molecule has 1 aliphatic heterocycles. The maximum absolute atomic E-state index is 15.5. The number of aliphatic hydroxyl groups excluding tert-OH is 1. The zero-order valence-corrected chi connectivity index (χ0v) is 77.3. The normalized spacial score (nSPS) is 23.4. The molecule has 1 saturated heterocycles. The molecule has 2 heterocycles. The van der Waals surface area contributed by atoms with E-state index in [1.165, 1.54) is 52.0 Å². The highest BCUT2D eigenvalue weighted by atomic mass is 32.2. The number of rotatable bonds is 26. The Morgan fingerprint density at radius 3 is 1.34 bits per heavy atom. The molecule has 1 fully saturated rings. The van der Waals surface area contributed by atoms with Crippen LogP contribution in [0.25, 0.3) is 22.0 Å². The molecule has 1 aliphatic rings. The molecule has 0 radical (unpaired) electrons. The summed E-state index contributed by atoms with van der Waals surface area (Å²) in [5.74, 6) is -23.2. The number of nitrogens with two attached hydrogens (primary N) is 3. The lowest BCUT2D eigenvalue weighted by Crippen LogP contribution is -2.62. The number of aromatic hydroxyl groups is 1. The monoisotopic (exact) mass is 1880 g/mol. The molecule has 0 bridgehead atoms. The molecule has 17 amide bonds. The van der Waals surface area contributed by atoms with E-state index in [1.54, 1.807) is 127 Å². The van der Waals surface area contributed by atoms with Gasteiger partial charge in [0.2, 0.25) is 100 Å². The summed E-state index contributed by atoms with van der Waals surface area (Å²) in [6.07, 6.45) is -2.09. The maximum atomic E-state index is 15.5. The summed E-state index contributed by atoms with van der Waals surface area (Å²) in [5.41, 5.74) is 21.0. The first kappa shape index (κ1) is 107. The summed E-state index contributed by atoms with van der Waals surface area (Å²) in [4.78, 5) is 262. The number of aromatic amines is 1. The van der Waals surface area contributed by atoms with E-state index in [0.29, 0.717) is 44.9 Å². The molecule has 0 aliphatic carbocycles. The molecule has 0 saturated carbocycles. The first-order valence-electron chi connectivity index (χ1n) is 44.3. The lowest BCUT2D eigenvalue weighted by atomic mass is 9.97. The number of carbonyl (C=O) groups is 18. The Bertz CT molecular complexity index is 5100. The number of para-hydroxylation sites is 1. The van der Waals surface area contributed by atoms with Gasteiger partial charge in [0, 0.05) is 48.5 Å². The van der Waals surface area contributed by atoms with Crippen LogP contribution in [0.15, 0.2) is 140 Å². The molecule has 7 rings (SSSR count). The SMILES string of the molecule is CC(C)C[C@@H]1NC(=O)[C@H](Cc2c[nH]c3ccccc23)NC(=O)[C@H](CC(=O)O)NC(=O)[C@H](Cc2ccc(O)cc2)NC(=O)[C@H](Cc2ccccc2)NC(=O)CSC[C@@H](C(=O)N[C@@H](C)C(N)=O)NC(=O)[C@H](CO)NC(=O)[C@H](C(C)C)NC(=O)[C@H](CC(C)C)NC(=O)[C@H](CC(N)=O)NC(=O)[C@@H](C)NC(=O)[C@@H](CCCN)NC(=O)[C@H](C(C)C)NC(=O)[C@H](Cc2ccc(-c3ccccc3)cc2)NC1=O. The van der Waals surface area contributed by atoms with Gasteiger partial charge in [0.1, 0.15) is 96.4 Å². The molecule has 41 heteroatoms. The molecule has 5 aromatic carbocycles. The first-order chi connectivity index (χ1) is 63.5. The van der Waals surface area contributed by atoms with E-state index in [1.807, 2.05) is 30.3 Å². The molecule has 0 unspecified atom stereocenters. The van der Waals surface area contributed by atoms with Crippen molar-refractivity contribution < 1.29 is 102 Å². The number of nitrogens with one attached hydrogen (secondary N) is 16. The Morgan fingerprint density at radius 1 is 0.433 bits per heavy atom. The highest BCUT2D eigenvalue weighted by molar-refractivity contribution is 8.00. The number of hydrogen-bond donors (Lipinski definition) is 22. The average molecular weight is 1880 g/mol. The third kappa shape index (κ3) is 34.1. The topological polar surface area (TPSA) is 642 Å². The van der Waals surface area contributed by atoms with Crippen molar-refractivity contribution in [1.29, 1.82) is 0 Å². The number of primary amides is 2. The number of phenolic OH excluding ortho intramolecular Hbond substituents is 1. The maximum Gasteiger partial charge on any atom is 0.305 e. The van der Waals surface area contributed by atoms with Crippen molar-refractivity contribution in [2.24, 2.45) is 40.9 Å². The number of fused-ring (bicyclic) bond motifs is 1. The Labute approximate surface area is 779 Å². The second-order valence-corrected chi connectivity index (χ2v) is 35.6. The van der Waals surface area contributed by atoms with Gasteiger partial charge in [-0.25, -0.2) is 0 Å².